The summed E-state index contributed by atoms with van der Waals surface area (Å²) in [6.07, 6.45) is 3.23. The van der Waals surface area contributed by atoms with Gasteiger partial charge in [-0.3, -0.25) is 24.3 Å². The maximum atomic E-state index is 12.8. The maximum absolute atomic E-state index is 12.8. The van der Waals surface area contributed by atoms with Crippen LogP contribution in [0.3, 0.4) is 0 Å². The molecule has 3 amide bonds. The molecule has 0 aliphatic carbocycles. The quantitative estimate of drug-likeness (QED) is 0.685. The van der Waals surface area contributed by atoms with Crippen LogP contribution in [0, 0.1) is 6.92 Å². The molecule has 2 heterocycles. The number of imide groups is 1. The molecule has 0 atom stereocenters. The van der Waals surface area contributed by atoms with E-state index in [1.165, 1.54) is 11.0 Å². The molecule has 144 valence electrons. The standard InChI is InChI=1S/C23H19N3O3/c1-15-2-4-16(5-3-15)13-25-21(27)18-6-7-19-20(12-18)23(29)26(22(19)28)14-17-8-10-24-11-9-17/h2-12H,13-14H2,1H3,(H,25,27). The van der Waals surface area contributed by atoms with Crippen LogP contribution in [0.4, 0.5) is 0 Å². The number of pyridine rings is 1. The van der Waals surface area contributed by atoms with Crippen LogP contribution in [-0.4, -0.2) is 27.6 Å². The van der Waals surface area contributed by atoms with Crippen LogP contribution in [0.5, 0.6) is 0 Å². The van der Waals surface area contributed by atoms with E-state index in [1.807, 2.05) is 31.2 Å². The summed E-state index contributed by atoms with van der Waals surface area (Å²) >= 11 is 0. The fourth-order valence-corrected chi connectivity index (χ4v) is 3.24. The maximum Gasteiger partial charge on any atom is 0.261 e. The van der Waals surface area contributed by atoms with Gasteiger partial charge >= 0.3 is 0 Å². The number of amides is 3. The monoisotopic (exact) mass is 385 g/mol. The first-order valence-corrected chi connectivity index (χ1v) is 9.26. The Morgan fingerprint density at radius 2 is 1.59 bits per heavy atom. The van der Waals surface area contributed by atoms with Gasteiger partial charge in [0, 0.05) is 24.5 Å². The van der Waals surface area contributed by atoms with Gasteiger partial charge in [0.15, 0.2) is 0 Å². The first-order valence-electron chi connectivity index (χ1n) is 9.26. The Bertz CT molecular complexity index is 1090. The Kier molecular flexibility index (Phi) is 4.91. The normalized spacial score (nSPS) is 12.8. The topological polar surface area (TPSA) is 79.4 Å². The molecule has 3 aromatic rings. The summed E-state index contributed by atoms with van der Waals surface area (Å²) in [5.74, 6) is -1.04. The molecule has 2 aromatic carbocycles. The molecule has 0 fully saturated rings. The number of nitrogens with one attached hydrogen (secondary N) is 1. The minimum Gasteiger partial charge on any atom is -0.348 e. The van der Waals surface area contributed by atoms with Gasteiger partial charge in [0.05, 0.1) is 17.7 Å². The van der Waals surface area contributed by atoms with E-state index in [1.54, 1.807) is 36.7 Å². The molecule has 29 heavy (non-hydrogen) atoms. The van der Waals surface area contributed by atoms with Gasteiger partial charge in [-0.1, -0.05) is 29.8 Å². The number of carbonyl (C=O) groups is 3. The number of hydrogen-bond acceptors (Lipinski definition) is 4. The molecule has 0 saturated heterocycles. The number of rotatable bonds is 5. The second kappa shape index (κ2) is 7.67. The zero-order valence-electron chi connectivity index (χ0n) is 15.9. The summed E-state index contributed by atoms with van der Waals surface area (Å²) in [4.78, 5) is 43.0. The second-order valence-corrected chi connectivity index (χ2v) is 6.98. The van der Waals surface area contributed by atoms with Crippen LogP contribution in [0.2, 0.25) is 0 Å². The number of benzene rings is 2. The summed E-state index contributed by atoms with van der Waals surface area (Å²) in [6.45, 7) is 2.56. The average Bonchev–Trinajstić information content (AvgIpc) is 2.98. The van der Waals surface area contributed by atoms with E-state index in [9.17, 15) is 14.4 Å². The molecule has 0 bridgehead atoms. The van der Waals surface area contributed by atoms with E-state index in [2.05, 4.69) is 10.3 Å². The van der Waals surface area contributed by atoms with Gasteiger partial charge in [-0.05, 0) is 48.4 Å². The number of carbonyl (C=O) groups excluding carboxylic acids is 3. The van der Waals surface area contributed by atoms with Gasteiger partial charge < -0.3 is 5.32 Å². The van der Waals surface area contributed by atoms with Crippen LogP contribution in [0.15, 0.2) is 67.0 Å². The van der Waals surface area contributed by atoms with E-state index in [4.69, 9.17) is 0 Å². The molecule has 0 spiro atoms. The summed E-state index contributed by atoms with van der Waals surface area (Å²) < 4.78 is 0. The third kappa shape index (κ3) is 3.78. The molecular weight excluding hydrogens is 366 g/mol. The van der Waals surface area contributed by atoms with E-state index in [0.29, 0.717) is 17.7 Å². The van der Waals surface area contributed by atoms with Crippen LogP contribution in [-0.2, 0) is 13.1 Å². The number of aromatic nitrogens is 1. The van der Waals surface area contributed by atoms with Crippen LogP contribution < -0.4 is 5.32 Å². The highest BCUT2D eigenvalue weighted by molar-refractivity contribution is 6.22. The fraction of sp³-hybridized carbons (Fsp3) is 0.130. The predicted molar refractivity (Wildman–Crippen MR) is 107 cm³/mol. The van der Waals surface area contributed by atoms with Gasteiger partial charge in [0.25, 0.3) is 17.7 Å². The first kappa shape index (κ1) is 18.6. The minimum absolute atomic E-state index is 0.170. The molecule has 0 radical (unpaired) electrons. The molecule has 6 heteroatoms. The molecule has 0 unspecified atom stereocenters. The predicted octanol–water partition coefficient (Wildman–Crippen LogP) is 3.12. The summed E-state index contributed by atoms with van der Waals surface area (Å²) in [5, 5.41) is 2.85. The lowest BCUT2D eigenvalue weighted by molar-refractivity contribution is 0.0642. The van der Waals surface area contributed by atoms with E-state index >= 15 is 0 Å². The van der Waals surface area contributed by atoms with Gasteiger partial charge in [-0.25, -0.2) is 0 Å². The van der Waals surface area contributed by atoms with Gasteiger partial charge in [-0.2, -0.15) is 0 Å². The molecule has 6 nitrogen and oxygen atoms in total. The zero-order chi connectivity index (χ0) is 20.4. The molecule has 1 N–H and O–H groups in total. The molecule has 1 aliphatic heterocycles. The lowest BCUT2D eigenvalue weighted by Gasteiger charge is -2.13. The number of fused-ring (bicyclic) bond motifs is 1. The zero-order valence-corrected chi connectivity index (χ0v) is 15.9. The van der Waals surface area contributed by atoms with Crippen molar-refractivity contribution in [2.45, 2.75) is 20.0 Å². The van der Waals surface area contributed by atoms with Crippen molar-refractivity contribution in [3.05, 3.63) is 100 Å². The van der Waals surface area contributed by atoms with Crippen molar-refractivity contribution in [3.8, 4) is 0 Å². The molecule has 1 aromatic heterocycles. The first-order chi connectivity index (χ1) is 14.0. The number of hydrogen-bond donors (Lipinski definition) is 1. The van der Waals surface area contributed by atoms with Crippen LogP contribution in [0.1, 0.15) is 47.8 Å². The number of aryl methyl sites for hydroxylation is 1. The second-order valence-electron chi connectivity index (χ2n) is 6.98. The van der Waals surface area contributed by atoms with E-state index in [0.717, 1.165) is 16.7 Å². The Balaban J connectivity index is 1.49. The molecule has 1 aliphatic rings. The average molecular weight is 385 g/mol. The fourth-order valence-electron chi connectivity index (χ4n) is 3.24. The summed E-state index contributed by atoms with van der Waals surface area (Å²) in [6, 6.07) is 16.0. The van der Waals surface area contributed by atoms with Crippen LogP contribution >= 0.6 is 0 Å². The van der Waals surface area contributed by atoms with Crippen molar-refractivity contribution < 1.29 is 14.4 Å². The van der Waals surface area contributed by atoms with Crippen molar-refractivity contribution in [2.75, 3.05) is 0 Å². The highest BCUT2D eigenvalue weighted by Gasteiger charge is 2.35. The Labute approximate surface area is 168 Å². The van der Waals surface area contributed by atoms with Crippen LogP contribution in [0.25, 0.3) is 0 Å². The van der Waals surface area contributed by atoms with Crippen molar-refractivity contribution in [1.29, 1.82) is 0 Å². The Hall–Kier alpha value is -3.80. The minimum atomic E-state index is -0.394. The SMILES string of the molecule is Cc1ccc(CNC(=O)c2ccc3c(c2)C(=O)N(Cc2ccncc2)C3=O)cc1. The van der Waals surface area contributed by atoms with Crippen molar-refractivity contribution in [2.24, 2.45) is 0 Å². The van der Waals surface area contributed by atoms with Gasteiger partial charge in [-0.15, -0.1) is 0 Å². The highest BCUT2D eigenvalue weighted by Crippen LogP contribution is 2.25. The highest BCUT2D eigenvalue weighted by atomic mass is 16.2. The molecule has 0 saturated carbocycles. The Morgan fingerprint density at radius 1 is 0.897 bits per heavy atom. The Morgan fingerprint density at radius 3 is 2.31 bits per heavy atom. The van der Waals surface area contributed by atoms with Crippen molar-refractivity contribution in [3.63, 3.8) is 0 Å². The lowest BCUT2D eigenvalue weighted by atomic mass is 10.1. The van der Waals surface area contributed by atoms with E-state index < -0.39 is 5.91 Å². The summed E-state index contributed by atoms with van der Waals surface area (Å²) in [7, 11) is 0. The van der Waals surface area contributed by atoms with Crippen molar-refractivity contribution in [1.82, 2.24) is 15.2 Å². The van der Waals surface area contributed by atoms with E-state index in [-0.39, 0.29) is 23.9 Å². The molecular formula is C23H19N3O3. The number of nitrogens with zero attached hydrogens (tertiary/aromatic N) is 2. The van der Waals surface area contributed by atoms with Gasteiger partial charge in [0.2, 0.25) is 0 Å². The largest absolute Gasteiger partial charge is 0.348 e. The van der Waals surface area contributed by atoms with Gasteiger partial charge in [0.1, 0.15) is 0 Å². The third-order valence-electron chi connectivity index (χ3n) is 4.90. The third-order valence-corrected chi connectivity index (χ3v) is 4.90. The summed E-state index contributed by atoms with van der Waals surface area (Å²) in [5.41, 5.74) is 3.87. The lowest BCUT2D eigenvalue weighted by Crippen LogP contribution is -2.29. The van der Waals surface area contributed by atoms with Crippen molar-refractivity contribution >= 4 is 17.7 Å². The smallest absolute Gasteiger partial charge is 0.261 e. The molecule has 4 rings (SSSR count).